The van der Waals surface area contributed by atoms with Crippen molar-refractivity contribution in [3.63, 3.8) is 0 Å². The zero-order valence-electron chi connectivity index (χ0n) is 20.9. The molecule has 4 nitrogen and oxygen atoms in total. The Balaban J connectivity index is 1.58. The van der Waals surface area contributed by atoms with Gasteiger partial charge in [-0.05, 0) is 61.7 Å². The van der Waals surface area contributed by atoms with Crippen molar-refractivity contribution < 1.29 is 14.2 Å². The van der Waals surface area contributed by atoms with E-state index in [0.29, 0.717) is 19.8 Å². The van der Waals surface area contributed by atoms with E-state index in [1.54, 1.807) is 0 Å². The molecule has 0 bridgehead atoms. The SMILES string of the molecule is CCCCCOC1C(OCc2ccccc2)c2cc(NCc3cccc(Cl)c3)ccc2OC1(C)C. The van der Waals surface area contributed by atoms with Gasteiger partial charge in [0.05, 0.1) is 6.61 Å². The molecule has 0 spiro atoms. The third-order valence-corrected chi connectivity index (χ3v) is 6.59. The molecular weight excluding hydrogens is 458 g/mol. The van der Waals surface area contributed by atoms with Crippen LogP contribution in [-0.2, 0) is 22.6 Å². The van der Waals surface area contributed by atoms with Crippen LogP contribution in [0.2, 0.25) is 5.02 Å². The van der Waals surface area contributed by atoms with Gasteiger partial charge in [0, 0.05) is 29.4 Å². The molecule has 0 saturated carbocycles. The minimum absolute atomic E-state index is 0.223. The summed E-state index contributed by atoms with van der Waals surface area (Å²) in [4.78, 5) is 0. The summed E-state index contributed by atoms with van der Waals surface area (Å²) >= 11 is 6.16. The maximum Gasteiger partial charge on any atom is 0.132 e. The Morgan fingerprint density at radius 3 is 2.49 bits per heavy atom. The van der Waals surface area contributed by atoms with E-state index < -0.39 is 5.60 Å². The highest BCUT2D eigenvalue weighted by Crippen LogP contribution is 2.44. The molecule has 4 rings (SSSR count). The Hall–Kier alpha value is -2.53. The first kappa shape index (κ1) is 25.6. The van der Waals surface area contributed by atoms with Crippen molar-refractivity contribution >= 4 is 17.3 Å². The average Bonchev–Trinajstić information content (AvgIpc) is 2.85. The summed E-state index contributed by atoms with van der Waals surface area (Å²) in [6, 6.07) is 24.4. The van der Waals surface area contributed by atoms with Gasteiger partial charge in [-0.1, -0.05) is 73.8 Å². The number of nitrogens with one attached hydrogen (secondary N) is 1. The van der Waals surface area contributed by atoms with Crippen LogP contribution >= 0.6 is 11.6 Å². The van der Waals surface area contributed by atoms with E-state index >= 15 is 0 Å². The fraction of sp³-hybridized carbons (Fsp3) is 0.400. The van der Waals surface area contributed by atoms with E-state index in [1.165, 1.54) is 0 Å². The van der Waals surface area contributed by atoms with Gasteiger partial charge in [-0.15, -0.1) is 0 Å². The summed E-state index contributed by atoms with van der Waals surface area (Å²) < 4.78 is 19.5. The minimum Gasteiger partial charge on any atom is -0.485 e. The first-order valence-corrected chi connectivity index (χ1v) is 12.9. The maximum atomic E-state index is 6.58. The molecule has 0 saturated heterocycles. The van der Waals surface area contributed by atoms with Crippen LogP contribution in [0, 0.1) is 0 Å². The lowest BCUT2D eigenvalue weighted by Gasteiger charge is -2.44. The number of hydrogen-bond acceptors (Lipinski definition) is 4. The second kappa shape index (κ2) is 11.9. The number of unbranched alkanes of at least 4 members (excludes halogenated alkanes) is 2. The summed E-state index contributed by atoms with van der Waals surface area (Å²) in [6.07, 6.45) is 2.87. The van der Waals surface area contributed by atoms with Crippen molar-refractivity contribution in [2.75, 3.05) is 11.9 Å². The highest BCUT2D eigenvalue weighted by atomic mass is 35.5. The monoisotopic (exact) mass is 493 g/mol. The van der Waals surface area contributed by atoms with Crippen LogP contribution in [0.4, 0.5) is 5.69 Å². The Labute approximate surface area is 214 Å². The fourth-order valence-corrected chi connectivity index (χ4v) is 4.69. The predicted octanol–water partition coefficient (Wildman–Crippen LogP) is 7.96. The first-order chi connectivity index (χ1) is 17.0. The Morgan fingerprint density at radius 1 is 0.914 bits per heavy atom. The van der Waals surface area contributed by atoms with E-state index in [2.05, 4.69) is 56.4 Å². The lowest BCUT2D eigenvalue weighted by molar-refractivity contribution is -0.166. The molecule has 186 valence electrons. The smallest absolute Gasteiger partial charge is 0.132 e. The van der Waals surface area contributed by atoms with Crippen LogP contribution in [0.1, 0.15) is 62.8 Å². The molecule has 0 amide bonds. The molecule has 3 aromatic carbocycles. The zero-order chi connectivity index (χ0) is 24.7. The lowest BCUT2D eigenvalue weighted by atomic mass is 9.87. The molecular formula is C30H36ClNO3. The molecule has 1 heterocycles. The topological polar surface area (TPSA) is 39.7 Å². The van der Waals surface area contributed by atoms with E-state index in [4.69, 9.17) is 25.8 Å². The molecule has 2 atom stereocenters. The second-order valence-electron chi connectivity index (χ2n) is 9.66. The van der Waals surface area contributed by atoms with Gasteiger partial charge in [0.2, 0.25) is 0 Å². The summed E-state index contributed by atoms with van der Waals surface area (Å²) in [5, 5.41) is 4.26. The fourth-order valence-electron chi connectivity index (χ4n) is 4.48. The number of rotatable bonds is 11. The molecule has 3 aromatic rings. The minimum atomic E-state index is -0.518. The standard InChI is InChI=1S/C30H36ClNO3/c1-4-5-9-17-33-29-28(34-21-22-11-7-6-8-12-22)26-19-25(15-16-27(26)35-30(29,2)3)32-20-23-13-10-14-24(31)18-23/h6-8,10-16,18-19,28-29,32H,4-5,9,17,20-21H2,1-3H3. The predicted molar refractivity (Wildman–Crippen MR) is 143 cm³/mol. The maximum absolute atomic E-state index is 6.58. The highest BCUT2D eigenvalue weighted by molar-refractivity contribution is 6.30. The highest BCUT2D eigenvalue weighted by Gasteiger charge is 2.45. The van der Waals surface area contributed by atoms with E-state index in [0.717, 1.165) is 52.4 Å². The van der Waals surface area contributed by atoms with Crippen molar-refractivity contribution in [2.24, 2.45) is 0 Å². The van der Waals surface area contributed by atoms with Crippen LogP contribution in [0.25, 0.3) is 0 Å². The molecule has 0 aliphatic carbocycles. The summed E-state index contributed by atoms with van der Waals surface area (Å²) in [7, 11) is 0. The largest absolute Gasteiger partial charge is 0.485 e. The van der Waals surface area contributed by atoms with Gasteiger partial charge >= 0.3 is 0 Å². The van der Waals surface area contributed by atoms with Crippen molar-refractivity contribution in [2.45, 2.75) is 71.0 Å². The Kier molecular flexibility index (Phi) is 8.72. The normalized spacial score (nSPS) is 18.5. The van der Waals surface area contributed by atoms with E-state index in [-0.39, 0.29) is 12.2 Å². The number of fused-ring (bicyclic) bond motifs is 1. The molecule has 0 aromatic heterocycles. The number of hydrogen-bond donors (Lipinski definition) is 1. The van der Waals surface area contributed by atoms with Gasteiger partial charge in [-0.3, -0.25) is 0 Å². The van der Waals surface area contributed by atoms with Crippen LogP contribution in [0.15, 0.2) is 72.8 Å². The molecule has 2 unspecified atom stereocenters. The van der Waals surface area contributed by atoms with Crippen LogP contribution in [0.3, 0.4) is 0 Å². The van der Waals surface area contributed by atoms with Gasteiger partial charge in [0.15, 0.2) is 0 Å². The first-order valence-electron chi connectivity index (χ1n) is 12.5. The van der Waals surface area contributed by atoms with Gasteiger partial charge in [-0.2, -0.15) is 0 Å². The number of halogens is 1. The van der Waals surface area contributed by atoms with Gasteiger partial charge in [0.25, 0.3) is 0 Å². The second-order valence-corrected chi connectivity index (χ2v) is 10.1. The Morgan fingerprint density at radius 2 is 1.71 bits per heavy atom. The molecule has 1 N–H and O–H groups in total. The number of benzene rings is 3. The molecule has 0 fully saturated rings. The third-order valence-electron chi connectivity index (χ3n) is 6.35. The quantitative estimate of drug-likeness (QED) is 0.275. The van der Waals surface area contributed by atoms with Crippen molar-refractivity contribution in [1.29, 1.82) is 0 Å². The Bertz CT molecular complexity index is 1090. The van der Waals surface area contributed by atoms with Crippen LogP contribution < -0.4 is 10.1 Å². The summed E-state index contributed by atoms with van der Waals surface area (Å²) in [5.74, 6) is 0.842. The third kappa shape index (κ3) is 6.78. The van der Waals surface area contributed by atoms with E-state index in [1.807, 2.05) is 42.5 Å². The van der Waals surface area contributed by atoms with Crippen LogP contribution in [-0.4, -0.2) is 18.3 Å². The summed E-state index contributed by atoms with van der Waals surface area (Å²) in [6.45, 7) is 8.26. The number of anilines is 1. The van der Waals surface area contributed by atoms with Crippen molar-refractivity contribution in [1.82, 2.24) is 0 Å². The van der Waals surface area contributed by atoms with E-state index in [9.17, 15) is 0 Å². The molecule has 1 aliphatic heterocycles. The molecule has 35 heavy (non-hydrogen) atoms. The average molecular weight is 494 g/mol. The van der Waals surface area contributed by atoms with Crippen molar-refractivity contribution in [3.8, 4) is 5.75 Å². The van der Waals surface area contributed by atoms with Crippen molar-refractivity contribution in [3.05, 3.63) is 94.5 Å². The van der Waals surface area contributed by atoms with Gasteiger partial charge in [-0.25, -0.2) is 0 Å². The molecule has 0 radical (unpaired) electrons. The lowest BCUT2D eigenvalue weighted by Crippen LogP contribution is -2.51. The summed E-state index contributed by atoms with van der Waals surface area (Å²) in [5.41, 5.74) is 3.76. The molecule has 1 aliphatic rings. The number of ether oxygens (including phenoxy) is 3. The zero-order valence-corrected chi connectivity index (χ0v) is 21.7. The van der Waals surface area contributed by atoms with Gasteiger partial charge in [0.1, 0.15) is 23.6 Å². The van der Waals surface area contributed by atoms with Gasteiger partial charge < -0.3 is 19.5 Å². The molecule has 5 heteroatoms. The van der Waals surface area contributed by atoms with Crippen LogP contribution in [0.5, 0.6) is 5.75 Å².